The first-order valence-electron chi connectivity index (χ1n) is 9.25. The molecule has 1 aliphatic carbocycles. The minimum absolute atomic E-state index is 0.177. The molecule has 2 N–H and O–H groups in total. The number of nitrogens with zero attached hydrogens (tertiary/aromatic N) is 2. The van der Waals surface area contributed by atoms with Crippen molar-refractivity contribution in [1.29, 1.82) is 0 Å². The molecule has 0 unspecified atom stereocenters. The number of carbonyl (C=O) groups is 1. The molecular formula is C20H25ClN4O. The van der Waals surface area contributed by atoms with Gasteiger partial charge in [-0.15, -0.1) is 0 Å². The summed E-state index contributed by atoms with van der Waals surface area (Å²) in [4.78, 5) is 21.3. The van der Waals surface area contributed by atoms with E-state index in [0.29, 0.717) is 29.3 Å². The first kappa shape index (κ1) is 18.6. The molecule has 1 amide bonds. The van der Waals surface area contributed by atoms with Gasteiger partial charge in [0.2, 0.25) is 5.95 Å². The van der Waals surface area contributed by atoms with Crippen LogP contribution in [0.1, 0.15) is 53.8 Å². The number of hydrogen-bond acceptors (Lipinski definition) is 4. The third-order valence-corrected chi connectivity index (χ3v) is 4.85. The van der Waals surface area contributed by atoms with E-state index in [1.54, 1.807) is 6.07 Å². The van der Waals surface area contributed by atoms with Gasteiger partial charge in [0.15, 0.2) is 0 Å². The number of amides is 1. The highest BCUT2D eigenvalue weighted by Crippen LogP contribution is 2.20. The lowest BCUT2D eigenvalue weighted by Crippen LogP contribution is -2.28. The van der Waals surface area contributed by atoms with Gasteiger partial charge in [0.05, 0.1) is 0 Å². The number of rotatable bonds is 6. The first-order valence-corrected chi connectivity index (χ1v) is 9.63. The molecule has 1 aromatic heterocycles. The lowest BCUT2D eigenvalue weighted by Gasteiger charge is -2.23. The Morgan fingerprint density at radius 1 is 1.19 bits per heavy atom. The highest BCUT2D eigenvalue weighted by atomic mass is 35.5. The van der Waals surface area contributed by atoms with Gasteiger partial charge in [0.1, 0.15) is 5.69 Å². The minimum atomic E-state index is -0.177. The van der Waals surface area contributed by atoms with Gasteiger partial charge in [-0.2, -0.15) is 0 Å². The summed E-state index contributed by atoms with van der Waals surface area (Å²) in [5.41, 5.74) is 2.29. The molecule has 138 valence electrons. The zero-order chi connectivity index (χ0) is 18.4. The van der Waals surface area contributed by atoms with E-state index in [1.165, 1.54) is 19.3 Å². The number of hydrogen-bond donors (Lipinski definition) is 2. The van der Waals surface area contributed by atoms with E-state index in [-0.39, 0.29) is 5.91 Å². The molecule has 0 radical (unpaired) electrons. The Kier molecular flexibility index (Phi) is 6.45. The molecule has 6 heteroatoms. The molecule has 0 aliphatic heterocycles. The van der Waals surface area contributed by atoms with E-state index in [4.69, 9.17) is 11.6 Å². The molecule has 0 bridgehead atoms. The molecular weight excluding hydrogens is 348 g/mol. The topological polar surface area (TPSA) is 66.9 Å². The normalized spacial score (nSPS) is 14.8. The third kappa shape index (κ3) is 5.43. The van der Waals surface area contributed by atoms with E-state index >= 15 is 0 Å². The molecule has 1 saturated carbocycles. The van der Waals surface area contributed by atoms with E-state index in [1.807, 2.05) is 31.2 Å². The summed E-state index contributed by atoms with van der Waals surface area (Å²) in [6.07, 6.45) is 6.77. The van der Waals surface area contributed by atoms with Crippen LogP contribution in [0.4, 0.5) is 5.95 Å². The number of benzene rings is 1. The van der Waals surface area contributed by atoms with Gasteiger partial charge in [-0.25, -0.2) is 9.97 Å². The minimum Gasteiger partial charge on any atom is -0.351 e. The molecule has 1 fully saturated rings. The summed E-state index contributed by atoms with van der Waals surface area (Å²) in [6.45, 7) is 2.42. The zero-order valence-corrected chi connectivity index (χ0v) is 15.9. The number of halogens is 1. The number of anilines is 1. The fraction of sp³-hybridized carbons (Fsp3) is 0.450. The van der Waals surface area contributed by atoms with E-state index in [0.717, 1.165) is 30.5 Å². The molecule has 1 aromatic carbocycles. The van der Waals surface area contributed by atoms with E-state index in [2.05, 4.69) is 20.6 Å². The smallest absolute Gasteiger partial charge is 0.270 e. The average Bonchev–Trinajstić information content (AvgIpc) is 2.62. The van der Waals surface area contributed by atoms with Crippen LogP contribution in [0.2, 0.25) is 5.02 Å². The van der Waals surface area contributed by atoms with Crippen molar-refractivity contribution in [1.82, 2.24) is 15.3 Å². The van der Waals surface area contributed by atoms with Crippen LogP contribution in [0.15, 0.2) is 30.3 Å². The quantitative estimate of drug-likeness (QED) is 0.799. The highest BCUT2D eigenvalue weighted by molar-refractivity contribution is 6.30. The number of aromatic nitrogens is 2. The fourth-order valence-corrected chi connectivity index (χ4v) is 3.50. The largest absolute Gasteiger partial charge is 0.351 e. The maximum absolute atomic E-state index is 12.4. The maximum atomic E-state index is 12.4. The number of nitrogens with one attached hydrogen (secondary N) is 2. The predicted octanol–water partition coefficient (Wildman–Crippen LogP) is 4.16. The van der Waals surface area contributed by atoms with Crippen molar-refractivity contribution in [2.75, 3.05) is 11.9 Å². The molecule has 5 nitrogen and oxygen atoms in total. The van der Waals surface area contributed by atoms with Crippen molar-refractivity contribution >= 4 is 23.5 Å². The molecule has 1 heterocycles. The molecule has 26 heavy (non-hydrogen) atoms. The first-order chi connectivity index (χ1) is 12.6. The summed E-state index contributed by atoms with van der Waals surface area (Å²) in [6, 6.07) is 9.79. The molecule has 1 aliphatic rings. The van der Waals surface area contributed by atoms with E-state index in [9.17, 15) is 4.79 Å². The highest BCUT2D eigenvalue weighted by Gasteiger charge is 2.16. The van der Waals surface area contributed by atoms with Crippen molar-refractivity contribution in [3.05, 3.63) is 52.3 Å². The van der Waals surface area contributed by atoms with Crippen LogP contribution in [0.3, 0.4) is 0 Å². The van der Waals surface area contributed by atoms with Crippen molar-refractivity contribution in [2.24, 2.45) is 0 Å². The van der Waals surface area contributed by atoms with Gasteiger partial charge < -0.3 is 10.6 Å². The van der Waals surface area contributed by atoms with Gasteiger partial charge in [-0.05, 0) is 49.9 Å². The second-order valence-electron chi connectivity index (χ2n) is 6.83. The number of carbonyl (C=O) groups excluding carboxylic acids is 1. The van der Waals surface area contributed by atoms with Crippen LogP contribution < -0.4 is 10.6 Å². The summed E-state index contributed by atoms with van der Waals surface area (Å²) in [5.74, 6) is 0.376. The Labute approximate surface area is 159 Å². The fourth-order valence-electron chi connectivity index (χ4n) is 3.28. The molecule has 0 atom stereocenters. The zero-order valence-electron chi connectivity index (χ0n) is 15.1. The standard InChI is InChI=1S/C20H25ClN4O/c1-14-12-18(25-20(23-14)24-17-8-3-2-4-9-17)19(26)22-11-10-15-6-5-7-16(21)13-15/h5-7,12-13,17H,2-4,8-11H2,1H3,(H,22,26)(H,23,24,25). The maximum Gasteiger partial charge on any atom is 0.270 e. The van der Waals surface area contributed by atoms with Gasteiger partial charge in [-0.3, -0.25) is 4.79 Å². The van der Waals surface area contributed by atoms with Gasteiger partial charge in [0.25, 0.3) is 5.91 Å². The van der Waals surface area contributed by atoms with Crippen molar-refractivity contribution in [3.8, 4) is 0 Å². The van der Waals surface area contributed by atoms with E-state index < -0.39 is 0 Å². The van der Waals surface area contributed by atoms with Crippen LogP contribution in [0.5, 0.6) is 0 Å². The molecule has 0 spiro atoms. The van der Waals surface area contributed by atoms with Crippen molar-refractivity contribution in [3.63, 3.8) is 0 Å². The van der Waals surface area contributed by atoms with Gasteiger partial charge >= 0.3 is 0 Å². The van der Waals surface area contributed by atoms with Crippen LogP contribution in [0, 0.1) is 6.92 Å². The molecule has 3 rings (SSSR count). The third-order valence-electron chi connectivity index (χ3n) is 4.61. The molecule has 2 aromatic rings. The summed E-state index contributed by atoms with van der Waals surface area (Å²) >= 11 is 5.99. The Morgan fingerprint density at radius 3 is 2.77 bits per heavy atom. The SMILES string of the molecule is Cc1cc(C(=O)NCCc2cccc(Cl)c2)nc(NC2CCCCC2)n1. The summed E-state index contributed by atoms with van der Waals surface area (Å²) in [7, 11) is 0. The Hall–Kier alpha value is -2.14. The van der Waals surface area contributed by atoms with Crippen LogP contribution >= 0.6 is 11.6 Å². The van der Waals surface area contributed by atoms with Crippen LogP contribution in [-0.2, 0) is 6.42 Å². The monoisotopic (exact) mass is 372 g/mol. The summed E-state index contributed by atoms with van der Waals surface area (Å²) in [5, 5.41) is 7.02. The van der Waals surface area contributed by atoms with Crippen LogP contribution in [-0.4, -0.2) is 28.5 Å². The second-order valence-corrected chi connectivity index (χ2v) is 7.27. The van der Waals surface area contributed by atoms with Gasteiger partial charge in [0, 0.05) is 23.3 Å². The van der Waals surface area contributed by atoms with Gasteiger partial charge in [-0.1, -0.05) is 43.0 Å². The Balaban J connectivity index is 1.57. The van der Waals surface area contributed by atoms with Crippen LogP contribution in [0.25, 0.3) is 0 Å². The molecule has 0 saturated heterocycles. The average molecular weight is 373 g/mol. The lowest BCUT2D eigenvalue weighted by molar-refractivity contribution is 0.0949. The number of aryl methyl sites for hydroxylation is 1. The van der Waals surface area contributed by atoms with Crippen molar-refractivity contribution in [2.45, 2.75) is 51.5 Å². The predicted molar refractivity (Wildman–Crippen MR) is 105 cm³/mol. The summed E-state index contributed by atoms with van der Waals surface area (Å²) < 4.78 is 0. The van der Waals surface area contributed by atoms with Crippen molar-refractivity contribution < 1.29 is 4.79 Å². The Morgan fingerprint density at radius 2 is 2.00 bits per heavy atom. The second kappa shape index (κ2) is 8.99. The Bertz CT molecular complexity index is 759. The lowest BCUT2D eigenvalue weighted by atomic mass is 9.96.